The second-order valence-electron chi connectivity index (χ2n) is 12.1. The SMILES string of the molecule is COc1cc(N2CCN(C3CCOCC3)CC2)ccc1Nc1ncc(C(F)(F)F)c(NCc2cccc3c2C(C)(C)C(=O)N3)n1. The lowest BCUT2D eigenvalue weighted by Gasteiger charge is -2.41. The summed E-state index contributed by atoms with van der Waals surface area (Å²) in [4.78, 5) is 25.5. The van der Waals surface area contributed by atoms with E-state index in [-0.39, 0.29) is 24.2 Å². The largest absolute Gasteiger partial charge is 0.494 e. The number of benzene rings is 2. The monoisotopic (exact) mass is 625 g/mol. The van der Waals surface area contributed by atoms with Crippen LogP contribution < -0.4 is 25.6 Å². The van der Waals surface area contributed by atoms with E-state index in [9.17, 15) is 18.0 Å². The number of carbonyl (C=O) groups is 1. The van der Waals surface area contributed by atoms with Crippen LogP contribution in [0.4, 0.5) is 42.0 Å². The van der Waals surface area contributed by atoms with Crippen molar-refractivity contribution in [3.8, 4) is 5.75 Å². The molecule has 2 fully saturated rings. The minimum Gasteiger partial charge on any atom is -0.494 e. The van der Waals surface area contributed by atoms with Gasteiger partial charge >= 0.3 is 6.18 Å². The predicted molar refractivity (Wildman–Crippen MR) is 166 cm³/mol. The number of aromatic nitrogens is 2. The molecule has 2 aromatic carbocycles. The molecule has 6 rings (SSSR count). The first-order chi connectivity index (χ1) is 21.5. The number of methoxy groups -OCH3 is 1. The average molecular weight is 626 g/mol. The predicted octanol–water partition coefficient (Wildman–Crippen LogP) is 5.39. The maximum absolute atomic E-state index is 14.0. The quantitative estimate of drug-likeness (QED) is 0.304. The number of hydrogen-bond acceptors (Lipinski definition) is 9. The van der Waals surface area contributed by atoms with Gasteiger partial charge in [0.2, 0.25) is 11.9 Å². The fourth-order valence-corrected chi connectivity index (χ4v) is 6.44. The van der Waals surface area contributed by atoms with Crippen LogP contribution in [-0.2, 0) is 27.7 Å². The van der Waals surface area contributed by atoms with Crippen molar-refractivity contribution in [3.63, 3.8) is 0 Å². The Bertz CT molecular complexity index is 1550. The Morgan fingerprint density at radius 1 is 1.11 bits per heavy atom. The van der Waals surface area contributed by atoms with Crippen molar-refractivity contribution in [3.05, 3.63) is 59.3 Å². The second kappa shape index (κ2) is 12.4. The van der Waals surface area contributed by atoms with Crippen LogP contribution in [0.3, 0.4) is 0 Å². The molecule has 3 aliphatic heterocycles. The zero-order valence-corrected chi connectivity index (χ0v) is 25.6. The summed E-state index contributed by atoms with van der Waals surface area (Å²) in [5.74, 6) is -0.0222. The summed E-state index contributed by atoms with van der Waals surface area (Å²) < 4.78 is 53.1. The van der Waals surface area contributed by atoms with Gasteiger partial charge in [0.1, 0.15) is 17.1 Å². The molecule has 3 N–H and O–H groups in total. The minimum absolute atomic E-state index is 0.0166. The number of rotatable bonds is 8. The second-order valence-corrected chi connectivity index (χ2v) is 12.1. The van der Waals surface area contributed by atoms with Crippen LogP contribution in [0, 0.1) is 0 Å². The van der Waals surface area contributed by atoms with E-state index in [0.717, 1.165) is 69.7 Å². The number of ether oxygens (including phenoxy) is 2. The molecule has 0 atom stereocenters. The summed E-state index contributed by atoms with van der Waals surface area (Å²) in [5, 5.41) is 8.73. The van der Waals surface area contributed by atoms with Crippen molar-refractivity contribution in [1.29, 1.82) is 0 Å². The van der Waals surface area contributed by atoms with Gasteiger partial charge in [0, 0.05) is 75.6 Å². The lowest BCUT2D eigenvalue weighted by molar-refractivity contribution is -0.137. The first kappa shape index (κ1) is 30.9. The number of alkyl halides is 3. The van der Waals surface area contributed by atoms with Crippen molar-refractivity contribution in [2.24, 2.45) is 0 Å². The summed E-state index contributed by atoms with van der Waals surface area (Å²) >= 11 is 0. The highest BCUT2D eigenvalue weighted by molar-refractivity contribution is 6.06. The van der Waals surface area contributed by atoms with E-state index in [2.05, 4.69) is 35.7 Å². The normalized spacial score (nSPS) is 18.8. The maximum atomic E-state index is 14.0. The van der Waals surface area contributed by atoms with E-state index < -0.39 is 17.2 Å². The Balaban J connectivity index is 1.18. The van der Waals surface area contributed by atoms with Gasteiger partial charge in [-0.2, -0.15) is 18.2 Å². The third-order valence-electron chi connectivity index (χ3n) is 8.95. The third-order valence-corrected chi connectivity index (χ3v) is 8.95. The van der Waals surface area contributed by atoms with Crippen molar-refractivity contribution < 1.29 is 27.4 Å². The molecular weight excluding hydrogens is 587 g/mol. The number of nitrogens with zero attached hydrogens (tertiary/aromatic N) is 4. The van der Waals surface area contributed by atoms with Crippen molar-refractivity contribution in [2.45, 2.75) is 50.9 Å². The molecule has 3 aromatic rings. The molecule has 4 heterocycles. The van der Waals surface area contributed by atoms with Crippen LogP contribution in [0.15, 0.2) is 42.6 Å². The minimum atomic E-state index is -4.68. The zero-order valence-electron chi connectivity index (χ0n) is 25.6. The van der Waals surface area contributed by atoms with Gasteiger partial charge in [-0.1, -0.05) is 12.1 Å². The van der Waals surface area contributed by atoms with Crippen LogP contribution in [0.25, 0.3) is 0 Å². The van der Waals surface area contributed by atoms with Gasteiger partial charge in [0.05, 0.1) is 18.2 Å². The summed E-state index contributed by atoms with van der Waals surface area (Å²) in [5.41, 5.74) is 1.82. The number of anilines is 5. The number of piperazine rings is 1. The van der Waals surface area contributed by atoms with Crippen molar-refractivity contribution >= 4 is 34.7 Å². The van der Waals surface area contributed by atoms with Gasteiger partial charge in [-0.25, -0.2) is 4.98 Å². The molecule has 0 spiro atoms. The molecule has 0 saturated carbocycles. The van der Waals surface area contributed by atoms with E-state index in [1.807, 2.05) is 18.2 Å². The van der Waals surface area contributed by atoms with E-state index in [0.29, 0.717) is 28.7 Å². The number of nitrogens with one attached hydrogen (secondary N) is 3. The first-order valence-corrected chi connectivity index (χ1v) is 15.2. The maximum Gasteiger partial charge on any atom is 0.421 e. The number of hydrogen-bond donors (Lipinski definition) is 3. The molecule has 3 aliphatic rings. The Morgan fingerprint density at radius 3 is 2.58 bits per heavy atom. The standard InChI is InChI=1S/C32H38F3N7O3/c1-31(2)27-20(5-4-6-25(27)38-29(31)43)18-36-28-23(32(33,34)35)19-37-30(40-28)39-24-8-7-22(17-26(24)44-3)42-13-11-41(12-14-42)21-9-15-45-16-10-21/h4-8,17,19,21H,9-16,18H2,1-3H3,(H,38,43)(H2,36,37,39,40). The number of halogens is 3. The van der Waals surface area contributed by atoms with Gasteiger partial charge in [-0.15, -0.1) is 0 Å². The van der Waals surface area contributed by atoms with Gasteiger partial charge in [-0.3, -0.25) is 9.69 Å². The molecule has 0 aliphatic carbocycles. The topological polar surface area (TPSA) is 104 Å². The number of carbonyl (C=O) groups excluding carboxylic acids is 1. The molecular formula is C32H38F3N7O3. The van der Waals surface area contributed by atoms with Crippen LogP contribution in [0.1, 0.15) is 43.4 Å². The average Bonchev–Trinajstić information content (AvgIpc) is 3.28. The molecule has 240 valence electrons. The van der Waals surface area contributed by atoms with E-state index >= 15 is 0 Å². The van der Waals surface area contributed by atoms with E-state index in [1.54, 1.807) is 39.2 Å². The Hall–Kier alpha value is -4.10. The summed E-state index contributed by atoms with van der Waals surface area (Å²) in [6.07, 6.45) is -1.77. The molecule has 0 radical (unpaired) electrons. The van der Waals surface area contributed by atoms with Gasteiger partial charge in [0.15, 0.2) is 0 Å². The highest BCUT2D eigenvalue weighted by atomic mass is 19.4. The molecule has 1 amide bonds. The fraction of sp³-hybridized carbons (Fsp3) is 0.469. The highest BCUT2D eigenvalue weighted by Gasteiger charge is 2.40. The molecule has 1 aromatic heterocycles. The Labute approximate surface area is 260 Å². The third kappa shape index (κ3) is 6.36. The van der Waals surface area contributed by atoms with Crippen molar-refractivity contribution in [1.82, 2.24) is 14.9 Å². The Kier molecular flexibility index (Phi) is 8.49. The Morgan fingerprint density at radius 2 is 1.87 bits per heavy atom. The molecule has 0 bridgehead atoms. The summed E-state index contributed by atoms with van der Waals surface area (Å²) in [7, 11) is 1.55. The lowest BCUT2D eigenvalue weighted by atomic mass is 9.83. The lowest BCUT2D eigenvalue weighted by Crippen LogP contribution is -2.51. The van der Waals surface area contributed by atoms with Crippen LogP contribution in [-0.4, -0.2) is 73.3 Å². The summed E-state index contributed by atoms with van der Waals surface area (Å²) in [6.45, 7) is 8.96. The van der Waals surface area contributed by atoms with Gasteiger partial charge < -0.3 is 30.3 Å². The fourth-order valence-electron chi connectivity index (χ4n) is 6.44. The van der Waals surface area contributed by atoms with Crippen LogP contribution in [0.5, 0.6) is 5.75 Å². The molecule has 45 heavy (non-hydrogen) atoms. The van der Waals surface area contributed by atoms with Crippen molar-refractivity contribution in [2.75, 3.05) is 67.4 Å². The van der Waals surface area contributed by atoms with Gasteiger partial charge in [-0.05, 0) is 56.0 Å². The number of amides is 1. The summed E-state index contributed by atoms with van der Waals surface area (Å²) in [6, 6.07) is 11.6. The highest BCUT2D eigenvalue weighted by Crippen LogP contribution is 2.41. The smallest absolute Gasteiger partial charge is 0.421 e. The molecule has 2 saturated heterocycles. The van der Waals surface area contributed by atoms with Crippen LogP contribution >= 0.6 is 0 Å². The number of fused-ring (bicyclic) bond motifs is 1. The zero-order chi connectivity index (χ0) is 31.8. The molecule has 13 heteroatoms. The molecule has 10 nitrogen and oxygen atoms in total. The first-order valence-electron chi connectivity index (χ1n) is 15.2. The van der Waals surface area contributed by atoms with E-state index in [4.69, 9.17) is 9.47 Å². The van der Waals surface area contributed by atoms with Gasteiger partial charge in [0.25, 0.3) is 0 Å². The molecule has 0 unspecified atom stereocenters. The van der Waals surface area contributed by atoms with Crippen LogP contribution in [0.2, 0.25) is 0 Å². The van der Waals surface area contributed by atoms with E-state index in [1.165, 1.54) is 0 Å².